The molecule has 0 aliphatic carbocycles. The van der Waals surface area contributed by atoms with Gasteiger partial charge in [0.1, 0.15) is 11.2 Å². The van der Waals surface area contributed by atoms with Crippen LogP contribution in [0.4, 0.5) is 0 Å². The molecule has 6 aromatic carbocycles. The highest BCUT2D eigenvalue weighted by atomic mass is 35.5. The zero-order valence-corrected chi connectivity index (χ0v) is 41.2. The van der Waals surface area contributed by atoms with Crippen LogP contribution in [0, 0.1) is 11.8 Å². The summed E-state index contributed by atoms with van der Waals surface area (Å²) in [5.74, 6) is 0.546. The molecule has 0 bridgehead atoms. The van der Waals surface area contributed by atoms with Crippen LogP contribution in [0.2, 0.25) is 0 Å². The third-order valence-electron chi connectivity index (χ3n) is 13.6. The van der Waals surface area contributed by atoms with Crippen LogP contribution in [0.15, 0.2) is 170 Å². The maximum Gasteiger partial charge on any atom is 0.177 e. The molecule has 2 aliphatic rings. The van der Waals surface area contributed by atoms with E-state index in [-0.39, 0.29) is 40.1 Å². The Morgan fingerprint density at radius 3 is 1.10 bits per heavy atom. The molecule has 7 heteroatoms. The van der Waals surface area contributed by atoms with E-state index >= 15 is 0 Å². The summed E-state index contributed by atoms with van der Waals surface area (Å²) in [6.07, 6.45) is 3.69. The first-order chi connectivity index (χ1) is 32.0. The third kappa shape index (κ3) is 13.1. The average Bonchev–Trinajstić information content (AvgIpc) is 3.37. The van der Waals surface area contributed by atoms with Crippen molar-refractivity contribution in [1.29, 1.82) is 0 Å². The molecule has 2 heterocycles. The minimum atomic E-state index is -1.03. The molecule has 6 nitrogen and oxygen atoms in total. The number of carbonyl (C=O) groups is 2. The summed E-state index contributed by atoms with van der Waals surface area (Å²) in [7, 11) is 0. The monoisotopic (exact) mass is 919 g/mol. The van der Waals surface area contributed by atoms with Crippen LogP contribution in [-0.4, -0.2) is 65.3 Å². The minimum absolute atomic E-state index is 0.0212. The first-order valence-corrected chi connectivity index (χ1v) is 24.5. The fourth-order valence-electron chi connectivity index (χ4n) is 9.48. The summed E-state index contributed by atoms with van der Waals surface area (Å²) < 4.78 is 0. The number of nitrogens with one attached hydrogen (secondary N) is 1. The van der Waals surface area contributed by atoms with Crippen LogP contribution in [0.25, 0.3) is 0 Å². The predicted octanol–water partition coefficient (Wildman–Crippen LogP) is 12.1. The molecule has 0 unspecified atom stereocenters. The summed E-state index contributed by atoms with van der Waals surface area (Å²) in [6.45, 7) is 17.0. The van der Waals surface area contributed by atoms with Crippen molar-refractivity contribution in [2.45, 2.75) is 89.3 Å². The number of Topliss-reactive ketones (excluding diaryl/α,β-unsaturated/α-hetero) is 2. The van der Waals surface area contributed by atoms with Gasteiger partial charge in [-0.3, -0.25) is 14.5 Å². The number of aliphatic hydroxyl groups is 2. The molecule has 0 atom stereocenters. The lowest BCUT2D eigenvalue weighted by Crippen LogP contribution is -2.45. The van der Waals surface area contributed by atoms with Crippen molar-refractivity contribution < 1.29 is 19.8 Å². The number of benzene rings is 6. The van der Waals surface area contributed by atoms with Crippen molar-refractivity contribution in [2.75, 3.05) is 38.6 Å². The molecular weight excluding hydrogens is 848 g/mol. The molecule has 352 valence electrons. The number of ketones is 2. The summed E-state index contributed by atoms with van der Waals surface area (Å²) in [4.78, 5) is 26.4. The van der Waals surface area contributed by atoms with E-state index in [0.717, 1.165) is 79.7 Å². The van der Waals surface area contributed by atoms with Gasteiger partial charge in [-0.1, -0.05) is 211 Å². The largest absolute Gasteiger partial charge is 0.380 e. The SMILES string of the molecule is CC(C)(C)c1ccc(C(=O)CCl)cc1.CC(C)(C)c1ccc(C(=O)CN2CCC(C(O)(c3ccccc3)c3ccccc3)CC2)cc1.OC(c1ccccc1)(c1ccccc1)C1CCNCC1. The van der Waals surface area contributed by atoms with E-state index < -0.39 is 11.2 Å². The molecule has 0 spiro atoms. The Morgan fingerprint density at radius 1 is 0.478 bits per heavy atom. The van der Waals surface area contributed by atoms with Gasteiger partial charge in [-0.25, -0.2) is 0 Å². The van der Waals surface area contributed by atoms with Gasteiger partial charge in [0.25, 0.3) is 0 Å². The fraction of sp³-hybridized carbons (Fsp3) is 0.367. The highest BCUT2D eigenvalue weighted by Gasteiger charge is 2.42. The number of halogens is 1. The lowest BCUT2D eigenvalue weighted by molar-refractivity contribution is -0.0133. The highest BCUT2D eigenvalue weighted by molar-refractivity contribution is 6.30. The number of likely N-dealkylation sites (tertiary alicyclic amines) is 1. The zero-order valence-electron chi connectivity index (χ0n) is 40.4. The smallest absolute Gasteiger partial charge is 0.177 e. The summed E-state index contributed by atoms with van der Waals surface area (Å²) >= 11 is 5.47. The molecule has 0 aromatic heterocycles. The summed E-state index contributed by atoms with van der Waals surface area (Å²) in [6, 6.07) is 55.9. The number of piperidine rings is 2. The van der Waals surface area contributed by atoms with Gasteiger partial charge in [0.15, 0.2) is 11.6 Å². The zero-order chi connectivity index (χ0) is 48.1. The second-order valence-corrected chi connectivity index (χ2v) is 20.5. The fourth-order valence-corrected chi connectivity index (χ4v) is 9.63. The van der Waals surface area contributed by atoms with Crippen LogP contribution >= 0.6 is 11.6 Å². The maximum atomic E-state index is 12.9. The third-order valence-corrected chi connectivity index (χ3v) is 13.8. The molecule has 0 radical (unpaired) electrons. The molecule has 8 rings (SSSR count). The van der Waals surface area contributed by atoms with Crippen LogP contribution < -0.4 is 5.32 Å². The van der Waals surface area contributed by atoms with Crippen molar-refractivity contribution in [1.82, 2.24) is 10.2 Å². The summed E-state index contributed by atoms with van der Waals surface area (Å²) in [5.41, 5.74) is 6.09. The van der Waals surface area contributed by atoms with Crippen LogP contribution in [0.3, 0.4) is 0 Å². The summed E-state index contributed by atoms with van der Waals surface area (Å²) in [5, 5.41) is 27.0. The van der Waals surface area contributed by atoms with E-state index in [4.69, 9.17) is 11.6 Å². The average molecular weight is 920 g/mol. The molecule has 2 aliphatic heterocycles. The first-order valence-electron chi connectivity index (χ1n) is 24.0. The number of carbonyl (C=O) groups excluding carboxylic acids is 2. The number of hydrogen-bond donors (Lipinski definition) is 3. The molecule has 67 heavy (non-hydrogen) atoms. The normalized spacial score (nSPS) is 15.4. The lowest BCUT2D eigenvalue weighted by Gasteiger charge is -2.42. The minimum Gasteiger partial charge on any atom is -0.380 e. The van der Waals surface area contributed by atoms with Crippen molar-refractivity contribution in [3.05, 3.63) is 214 Å². The molecule has 2 fully saturated rings. The number of nitrogens with zero attached hydrogens (tertiary/aromatic N) is 1. The molecule has 0 amide bonds. The highest BCUT2D eigenvalue weighted by Crippen LogP contribution is 2.43. The van der Waals surface area contributed by atoms with Gasteiger partial charge in [0.2, 0.25) is 0 Å². The van der Waals surface area contributed by atoms with E-state index in [1.165, 1.54) is 11.1 Å². The molecule has 3 N–H and O–H groups in total. The molecule has 0 saturated carbocycles. The number of hydrogen-bond acceptors (Lipinski definition) is 6. The Balaban J connectivity index is 0.000000184. The Kier molecular flexibility index (Phi) is 17.7. The van der Waals surface area contributed by atoms with Crippen LogP contribution in [0.5, 0.6) is 0 Å². The van der Waals surface area contributed by atoms with Crippen molar-refractivity contribution >= 4 is 23.2 Å². The quantitative estimate of drug-likeness (QED) is 0.0886. The van der Waals surface area contributed by atoms with Gasteiger partial charge in [-0.2, -0.15) is 0 Å². The van der Waals surface area contributed by atoms with Gasteiger partial charge in [0, 0.05) is 11.1 Å². The van der Waals surface area contributed by atoms with Gasteiger partial charge in [-0.05, 0) is 108 Å². The topological polar surface area (TPSA) is 89.9 Å². The van der Waals surface area contributed by atoms with E-state index in [9.17, 15) is 19.8 Å². The van der Waals surface area contributed by atoms with E-state index in [0.29, 0.717) is 12.1 Å². The number of alkyl halides is 1. The Morgan fingerprint density at radius 2 is 0.791 bits per heavy atom. The standard InChI is InChI=1S/C30H35NO2.C18H21NO.C12H15ClO/c1-29(2,3)24-16-14-23(15-17-24)28(32)22-31-20-18-27(19-21-31)30(33,25-10-6-4-7-11-25)26-12-8-5-9-13-26;20-18(15-7-3-1-4-8-15,16-9-5-2-6-10-16)17-11-13-19-14-12-17;1-12(2,3)10-6-4-9(5-7-10)11(14)8-13/h4-17,27,33H,18-22H2,1-3H3;1-10,17,19-20H,11-14H2;4-7H,8H2,1-3H3. The first kappa shape index (κ1) is 51.2. The van der Waals surface area contributed by atoms with Crippen LogP contribution in [0.1, 0.15) is 121 Å². The molecule has 6 aromatic rings. The maximum absolute atomic E-state index is 12.9. The van der Waals surface area contributed by atoms with Crippen molar-refractivity contribution in [3.63, 3.8) is 0 Å². The van der Waals surface area contributed by atoms with Crippen molar-refractivity contribution in [3.8, 4) is 0 Å². The predicted molar refractivity (Wildman–Crippen MR) is 276 cm³/mol. The Bertz CT molecular complexity index is 2340. The second kappa shape index (κ2) is 23.2. The van der Waals surface area contributed by atoms with Gasteiger partial charge in [0.05, 0.1) is 12.4 Å². The van der Waals surface area contributed by atoms with Crippen molar-refractivity contribution in [2.24, 2.45) is 11.8 Å². The van der Waals surface area contributed by atoms with E-state index in [1.807, 2.05) is 158 Å². The van der Waals surface area contributed by atoms with E-state index in [2.05, 4.69) is 63.9 Å². The van der Waals surface area contributed by atoms with Gasteiger partial charge >= 0.3 is 0 Å². The molecule has 2 saturated heterocycles. The van der Waals surface area contributed by atoms with Gasteiger partial charge in [-0.15, -0.1) is 11.6 Å². The second-order valence-electron chi connectivity index (χ2n) is 20.2. The number of rotatable bonds is 11. The Labute approximate surface area is 405 Å². The van der Waals surface area contributed by atoms with Crippen LogP contribution in [-0.2, 0) is 22.0 Å². The lowest BCUT2D eigenvalue weighted by atomic mass is 9.72. The molecular formula is C60H71ClN2O4. The van der Waals surface area contributed by atoms with E-state index in [1.54, 1.807) is 0 Å². The van der Waals surface area contributed by atoms with Gasteiger partial charge < -0.3 is 15.5 Å². The Hall–Kier alpha value is -5.21.